The zero-order valence-corrected chi connectivity index (χ0v) is 19.1. The molecule has 0 saturated heterocycles. The first-order valence-corrected chi connectivity index (χ1v) is 11.2. The maximum Gasteiger partial charge on any atom is 0.264 e. The van der Waals surface area contributed by atoms with Crippen LogP contribution in [0.2, 0.25) is 0 Å². The molecule has 0 saturated carbocycles. The van der Waals surface area contributed by atoms with Crippen LogP contribution < -0.4 is 14.4 Å². The second-order valence-corrected chi connectivity index (χ2v) is 9.36. The second-order valence-electron chi connectivity index (χ2n) is 7.39. The number of nitrogens with zero attached hydrogens (tertiary/aromatic N) is 1. The minimum absolute atomic E-state index is 0.0256. The van der Waals surface area contributed by atoms with E-state index in [1.165, 1.54) is 26.3 Å². The summed E-state index contributed by atoms with van der Waals surface area (Å²) in [6, 6.07) is 17.2. The van der Waals surface area contributed by atoms with E-state index in [4.69, 9.17) is 4.74 Å². The molecule has 1 N–H and O–H groups in total. The van der Waals surface area contributed by atoms with Gasteiger partial charge in [0.25, 0.3) is 15.9 Å². The van der Waals surface area contributed by atoms with Gasteiger partial charge in [-0.2, -0.15) is 0 Å². The fraction of sp³-hybridized carbons (Fsp3) is 0.208. The van der Waals surface area contributed by atoms with Crippen molar-refractivity contribution in [2.75, 3.05) is 23.8 Å². The van der Waals surface area contributed by atoms with Gasteiger partial charge in [-0.25, -0.2) is 8.42 Å². The van der Waals surface area contributed by atoms with Crippen LogP contribution in [0.5, 0.6) is 5.75 Å². The number of nitrogens with one attached hydrogen (secondary N) is 1. The van der Waals surface area contributed by atoms with Crippen LogP contribution in [0.1, 0.15) is 27.0 Å². The second kappa shape index (κ2) is 8.81. The van der Waals surface area contributed by atoms with Gasteiger partial charge in [0.15, 0.2) is 0 Å². The summed E-state index contributed by atoms with van der Waals surface area (Å²) in [4.78, 5) is 13.0. The highest BCUT2D eigenvalue weighted by molar-refractivity contribution is 7.92. The quantitative estimate of drug-likeness (QED) is 0.605. The molecule has 162 valence electrons. The molecular weight excluding hydrogens is 412 g/mol. The maximum atomic E-state index is 13.3. The highest BCUT2D eigenvalue weighted by Gasteiger charge is 2.25. The Hall–Kier alpha value is -3.32. The number of ether oxygens (including phenoxy) is 1. The van der Waals surface area contributed by atoms with Gasteiger partial charge in [-0.15, -0.1) is 0 Å². The largest absolute Gasteiger partial charge is 0.495 e. The Balaban J connectivity index is 1.98. The molecule has 0 heterocycles. The summed E-state index contributed by atoms with van der Waals surface area (Å²) in [6.07, 6.45) is 0. The fourth-order valence-electron chi connectivity index (χ4n) is 3.24. The highest BCUT2D eigenvalue weighted by Crippen LogP contribution is 2.31. The molecule has 3 rings (SSSR count). The molecule has 31 heavy (non-hydrogen) atoms. The third-order valence-corrected chi connectivity index (χ3v) is 6.95. The lowest BCUT2D eigenvalue weighted by atomic mass is 10.1. The van der Waals surface area contributed by atoms with Gasteiger partial charge in [0.2, 0.25) is 0 Å². The Kier molecular flexibility index (Phi) is 6.36. The number of benzene rings is 3. The number of methoxy groups -OCH3 is 1. The first-order chi connectivity index (χ1) is 14.6. The number of rotatable bonds is 6. The summed E-state index contributed by atoms with van der Waals surface area (Å²) in [5.74, 6) is 0.0803. The molecule has 0 radical (unpaired) electrons. The molecule has 0 bridgehead atoms. The normalized spacial score (nSPS) is 11.1. The average Bonchev–Trinajstić information content (AvgIpc) is 2.75. The predicted octanol–water partition coefficient (Wildman–Crippen LogP) is 4.70. The lowest BCUT2D eigenvalue weighted by Crippen LogP contribution is -2.27. The molecular formula is C24H26N2O4S. The highest BCUT2D eigenvalue weighted by atomic mass is 32.2. The van der Waals surface area contributed by atoms with Crippen molar-refractivity contribution in [2.45, 2.75) is 25.7 Å². The molecule has 0 aliphatic rings. The number of carbonyl (C=O) groups excluding carboxylic acids is 1. The van der Waals surface area contributed by atoms with E-state index in [-0.39, 0.29) is 10.8 Å². The predicted molar refractivity (Wildman–Crippen MR) is 124 cm³/mol. The number of sulfonamides is 1. The Morgan fingerprint density at radius 3 is 2.32 bits per heavy atom. The number of para-hydroxylation sites is 2. The van der Waals surface area contributed by atoms with Crippen LogP contribution in [0.15, 0.2) is 65.6 Å². The van der Waals surface area contributed by atoms with Crippen molar-refractivity contribution < 1.29 is 17.9 Å². The summed E-state index contributed by atoms with van der Waals surface area (Å²) >= 11 is 0. The SMILES string of the molecule is COc1ccccc1N(C)S(=O)(=O)c1ccc(C)c(C(=O)Nc2cc(C)ccc2C)c1. The number of anilines is 2. The molecule has 6 nitrogen and oxygen atoms in total. The lowest BCUT2D eigenvalue weighted by molar-refractivity contribution is 0.102. The molecule has 3 aromatic carbocycles. The van der Waals surface area contributed by atoms with Crippen molar-refractivity contribution in [3.05, 3.63) is 82.9 Å². The number of amides is 1. The van der Waals surface area contributed by atoms with Gasteiger partial charge in [-0.1, -0.05) is 30.3 Å². The van der Waals surface area contributed by atoms with Crippen LogP contribution >= 0.6 is 0 Å². The van der Waals surface area contributed by atoms with E-state index in [9.17, 15) is 13.2 Å². The van der Waals surface area contributed by atoms with Gasteiger partial charge in [-0.05, 0) is 67.8 Å². The monoisotopic (exact) mass is 438 g/mol. The minimum Gasteiger partial charge on any atom is -0.495 e. The van der Waals surface area contributed by atoms with Crippen LogP contribution in [0, 0.1) is 20.8 Å². The Morgan fingerprint density at radius 2 is 1.61 bits per heavy atom. The smallest absolute Gasteiger partial charge is 0.264 e. The standard InChI is InChI=1S/C24H26N2O4S/c1-16-10-11-18(3)21(14-16)25-24(27)20-15-19(13-12-17(20)2)31(28,29)26(4)22-8-6-7-9-23(22)30-5/h6-15H,1-5H3,(H,25,27). The van der Waals surface area contributed by atoms with E-state index in [1.54, 1.807) is 37.3 Å². The van der Waals surface area contributed by atoms with E-state index < -0.39 is 10.0 Å². The first-order valence-electron chi connectivity index (χ1n) is 9.76. The topological polar surface area (TPSA) is 75.7 Å². The van der Waals surface area contributed by atoms with Crippen LogP contribution in [-0.4, -0.2) is 28.5 Å². The number of hydrogen-bond donors (Lipinski definition) is 1. The van der Waals surface area contributed by atoms with E-state index >= 15 is 0 Å². The van der Waals surface area contributed by atoms with Gasteiger partial charge in [-0.3, -0.25) is 9.10 Å². The first kappa shape index (κ1) is 22.4. The van der Waals surface area contributed by atoms with Crippen LogP contribution in [0.3, 0.4) is 0 Å². The lowest BCUT2D eigenvalue weighted by Gasteiger charge is -2.22. The molecule has 3 aromatic rings. The Morgan fingerprint density at radius 1 is 0.935 bits per heavy atom. The van der Waals surface area contributed by atoms with Crippen LogP contribution in [0.25, 0.3) is 0 Å². The Bertz CT molecular complexity index is 1240. The molecule has 1 amide bonds. The van der Waals surface area contributed by atoms with Gasteiger partial charge in [0.05, 0.1) is 17.7 Å². The van der Waals surface area contributed by atoms with Gasteiger partial charge < -0.3 is 10.1 Å². The summed E-state index contributed by atoms with van der Waals surface area (Å²) in [5.41, 5.74) is 4.04. The molecule has 0 aromatic heterocycles. The number of carbonyl (C=O) groups is 1. The van der Waals surface area contributed by atoms with Crippen molar-refractivity contribution in [1.82, 2.24) is 0 Å². The summed E-state index contributed by atoms with van der Waals surface area (Å²) in [7, 11) is -0.964. The molecule has 0 fully saturated rings. The average molecular weight is 439 g/mol. The molecule has 0 atom stereocenters. The van der Waals surface area contributed by atoms with Gasteiger partial charge in [0.1, 0.15) is 5.75 Å². The summed E-state index contributed by atoms with van der Waals surface area (Å²) in [6.45, 7) is 5.63. The van der Waals surface area contributed by atoms with E-state index in [0.717, 1.165) is 15.4 Å². The zero-order chi connectivity index (χ0) is 22.8. The molecule has 0 aliphatic heterocycles. The third kappa shape index (κ3) is 4.56. The van der Waals surface area contributed by atoms with Crippen molar-refractivity contribution in [2.24, 2.45) is 0 Å². The number of hydrogen-bond acceptors (Lipinski definition) is 4. The van der Waals surface area contributed by atoms with Crippen molar-refractivity contribution >= 4 is 27.3 Å². The van der Waals surface area contributed by atoms with E-state index in [0.29, 0.717) is 28.3 Å². The fourth-order valence-corrected chi connectivity index (χ4v) is 4.48. The van der Waals surface area contributed by atoms with Crippen molar-refractivity contribution in [3.8, 4) is 5.75 Å². The molecule has 0 aliphatic carbocycles. The minimum atomic E-state index is -3.91. The van der Waals surface area contributed by atoms with Crippen LogP contribution in [-0.2, 0) is 10.0 Å². The summed E-state index contributed by atoms with van der Waals surface area (Å²) < 4.78 is 33.0. The molecule has 0 spiro atoms. The number of aryl methyl sites for hydroxylation is 3. The van der Waals surface area contributed by atoms with Gasteiger partial charge in [0, 0.05) is 18.3 Å². The molecule has 0 unspecified atom stereocenters. The van der Waals surface area contributed by atoms with Crippen LogP contribution in [0.4, 0.5) is 11.4 Å². The zero-order valence-electron chi connectivity index (χ0n) is 18.3. The van der Waals surface area contributed by atoms with E-state index in [1.807, 2.05) is 32.0 Å². The van der Waals surface area contributed by atoms with Gasteiger partial charge >= 0.3 is 0 Å². The Labute approximate surface area is 183 Å². The summed E-state index contributed by atoms with van der Waals surface area (Å²) in [5, 5.41) is 2.90. The third-order valence-electron chi connectivity index (χ3n) is 5.18. The van der Waals surface area contributed by atoms with E-state index in [2.05, 4.69) is 5.32 Å². The molecule has 7 heteroatoms. The van der Waals surface area contributed by atoms with Crippen molar-refractivity contribution in [3.63, 3.8) is 0 Å². The van der Waals surface area contributed by atoms with Crippen molar-refractivity contribution in [1.29, 1.82) is 0 Å². The maximum absolute atomic E-state index is 13.3.